The average molecular weight is 843 g/mol. The van der Waals surface area contributed by atoms with Crippen LogP contribution in [0.4, 0.5) is 5.69 Å². The first-order valence-electron chi connectivity index (χ1n) is 18.5. The Labute approximate surface area is 350 Å². The van der Waals surface area contributed by atoms with Crippen molar-refractivity contribution < 1.29 is 38.5 Å². The number of carboxylic acids is 2. The summed E-state index contributed by atoms with van der Waals surface area (Å²) in [6, 6.07) is 25.2. The lowest BCUT2D eigenvalue weighted by Gasteiger charge is -2.21. The zero-order valence-corrected chi connectivity index (χ0v) is 33.6. The van der Waals surface area contributed by atoms with Crippen LogP contribution < -0.4 is 21.0 Å². The maximum Gasteiger partial charge on any atom is 0.337 e. The molecule has 4 aromatic carbocycles. The van der Waals surface area contributed by atoms with E-state index < -0.39 is 17.8 Å². The first kappa shape index (κ1) is 39.7. The fourth-order valence-corrected chi connectivity index (χ4v) is 8.07. The summed E-state index contributed by atoms with van der Waals surface area (Å²) in [6.07, 6.45) is 0. The van der Waals surface area contributed by atoms with Gasteiger partial charge in [0.1, 0.15) is 28.4 Å². The van der Waals surface area contributed by atoms with E-state index >= 15 is 0 Å². The van der Waals surface area contributed by atoms with Gasteiger partial charge in [0, 0.05) is 95.7 Å². The fourth-order valence-electron chi connectivity index (χ4n) is 7.45. The van der Waals surface area contributed by atoms with Crippen LogP contribution in [-0.4, -0.2) is 53.8 Å². The first-order chi connectivity index (χ1) is 28.7. The number of benzene rings is 6. The minimum atomic E-state index is -1.37. The number of nitrogens with zero attached hydrogens (tertiary/aromatic N) is 2. The SMILES string of the molecule is CCN=c1ccc2c(-c3c(Cl)c(C(=O)NCc4ccc(-c5c6ccc(=O)cc-6oc6cc(O)ccc56)c(C(=O)O)c4)cc(Cl)c3C(=O)O)c3ccc(N(C)C)cc3oc-2c1. The van der Waals surface area contributed by atoms with Gasteiger partial charge in [-0.25, -0.2) is 9.59 Å². The number of amides is 1. The van der Waals surface area contributed by atoms with Gasteiger partial charge in [-0.1, -0.05) is 35.3 Å². The highest BCUT2D eigenvalue weighted by molar-refractivity contribution is 6.41. The van der Waals surface area contributed by atoms with Gasteiger partial charge in [0.25, 0.3) is 5.91 Å². The Morgan fingerprint density at radius 1 is 0.717 bits per heavy atom. The van der Waals surface area contributed by atoms with E-state index in [0.717, 1.165) is 5.69 Å². The summed E-state index contributed by atoms with van der Waals surface area (Å²) >= 11 is 13.8. The second kappa shape index (κ2) is 15.6. The molecule has 2 aliphatic carbocycles. The Hall–Kier alpha value is -7.15. The van der Waals surface area contributed by atoms with E-state index in [1.54, 1.807) is 48.5 Å². The maximum atomic E-state index is 14.1. The molecule has 0 saturated carbocycles. The molecular weight excluding hydrogens is 809 g/mol. The van der Waals surface area contributed by atoms with Crippen molar-refractivity contribution >= 4 is 68.7 Å². The summed E-state index contributed by atoms with van der Waals surface area (Å²) < 4.78 is 12.3. The standard InChI is InChI=1S/C46H33Cl2N3O9/c1-4-49-23-6-11-30-35(16-23)59-36-17-24(51(2)3)7-12-31(36)40(30)42-41(46(57)58)34(47)20-33(43(42)48)44(54)50-21-22-5-10-27(32(15-22)45(55)56)39-28-13-8-25(52)18-37(28)60-38-19-26(53)9-14-29(38)39/h5-20,52H,4,21H2,1-3H3,(H,50,54)(H,55,56)(H,57,58). The van der Waals surface area contributed by atoms with Crippen molar-refractivity contribution in [3.8, 4) is 50.7 Å². The van der Waals surface area contributed by atoms with Crippen LogP contribution in [0.5, 0.6) is 5.75 Å². The molecule has 4 aromatic rings. The molecule has 2 aliphatic heterocycles. The highest BCUT2D eigenvalue weighted by Gasteiger charge is 2.30. The fraction of sp³-hybridized carbons (Fsp3) is 0.109. The number of aromatic hydroxyl groups is 1. The number of nitrogens with one attached hydrogen (secondary N) is 1. The molecule has 0 fully saturated rings. The van der Waals surface area contributed by atoms with Crippen molar-refractivity contribution in [2.45, 2.75) is 13.5 Å². The van der Waals surface area contributed by atoms with E-state index in [1.165, 1.54) is 36.4 Å². The largest absolute Gasteiger partial charge is 0.508 e. The third-order valence-corrected chi connectivity index (χ3v) is 10.9. The van der Waals surface area contributed by atoms with Crippen molar-refractivity contribution in [2.75, 3.05) is 25.5 Å². The number of phenolic OH excluding ortho intramolecular Hbond substituents is 1. The smallest absolute Gasteiger partial charge is 0.337 e. The number of fused-ring (bicyclic) bond motifs is 4. The lowest BCUT2D eigenvalue weighted by molar-refractivity contribution is 0.0687. The molecule has 0 atom stereocenters. The van der Waals surface area contributed by atoms with Gasteiger partial charge in [-0.05, 0) is 78.7 Å². The van der Waals surface area contributed by atoms with E-state index in [9.17, 15) is 34.5 Å². The monoisotopic (exact) mass is 841 g/mol. The number of anilines is 1. The van der Waals surface area contributed by atoms with E-state index in [4.69, 9.17) is 32.0 Å². The highest BCUT2D eigenvalue weighted by atomic mass is 35.5. The zero-order valence-electron chi connectivity index (χ0n) is 32.1. The Bertz CT molecular complexity index is 3170. The number of carbonyl (C=O) groups is 3. The number of hydrogen-bond acceptors (Lipinski definition) is 9. The number of carbonyl (C=O) groups excluding carboxylic acids is 1. The summed E-state index contributed by atoms with van der Waals surface area (Å²) in [5, 5.41) is 35.2. The van der Waals surface area contributed by atoms with Gasteiger partial charge in [0.15, 0.2) is 5.43 Å². The van der Waals surface area contributed by atoms with Crippen LogP contribution in [0.25, 0.3) is 66.8 Å². The van der Waals surface area contributed by atoms with Gasteiger partial charge in [-0.3, -0.25) is 14.6 Å². The van der Waals surface area contributed by atoms with E-state index in [2.05, 4.69) is 10.3 Å². The summed E-state index contributed by atoms with van der Waals surface area (Å²) in [7, 11) is 3.75. The quantitative estimate of drug-likeness (QED) is 0.102. The summed E-state index contributed by atoms with van der Waals surface area (Å²) in [4.78, 5) is 58.5. The molecule has 0 bridgehead atoms. The molecule has 1 amide bonds. The molecule has 14 heteroatoms. The van der Waals surface area contributed by atoms with E-state index in [-0.39, 0.29) is 61.4 Å². The Morgan fingerprint density at radius 3 is 2.10 bits per heavy atom. The van der Waals surface area contributed by atoms with Crippen molar-refractivity contribution in [2.24, 2.45) is 4.99 Å². The van der Waals surface area contributed by atoms with Gasteiger partial charge in [-0.15, -0.1) is 0 Å². The van der Waals surface area contributed by atoms with E-state index in [0.29, 0.717) is 67.4 Å². The minimum Gasteiger partial charge on any atom is -0.508 e. The van der Waals surface area contributed by atoms with Gasteiger partial charge < -0.3 is 34.4 Å². The Morgan fingerprint density at radius 2 is 1.38 bits per heavy atom. The normalized spacial score (nSPS) is 11.8. The van der Waals surface area contributed by atoms with E-state index in [1.807, 2.05) is 38.1 Å². The van der Waals surface area contributed by atoms with Crippen LogP contribution in [-0.2, 0) is 6.54 Å². The Balaban J connectivity index is 1.22. The molecule has 0 radical (unpaired) electrons. The van der Waals surface area contributed by atoms with Gasteiger partial charge in [0.2, 0.25) is 0 Å². The predicted octanol–water partition coefficient (Wildman–Crippen LogP) is 9.41. The van der Waals surface area contributed by atoms with Gasteiger partial charge in [-0.2, -0.15) is 0 Å². The van der Waals surface area contributed by atoms with Crippen molar-refractivity contribution in [1.29, 1.82) is 0 Å². The van der Waals surface area contributed by atoms with Crippen LogP contribution in [0.1, 0.15) is 43.6 Å². The zero-order chi connectivity index (χ0) is 42.6. The van der Waals surface area contributed by atoms with Crippen LogP contribution in [0, 0.1) is 0 Å². The summed E-state index contributed by atoms with van der Waals surface area (Å²) in [5.74, 6) is -2.81. The topological polar surface area (TPSA) is 183 Å². The van der Waals surface area contributed by atoms with Crippen LogP contribution in [0.15, 0.2) is 116 Å². The summed E-state index contributed by atoms with van der Waals surface area (Å²) in [5.41, 5.74) is 3.18. The lowest BCUT2D eigenvalue weighted by atomic mass is 9.89. The lowest BCUT2D eigenvalue weighted by Crippen LogP contribution is -2.24. The molecule has 0 spiro atoms. The molecule has 4 aliphatic rings. The second-order valence-corrected chi connectivity index (χ2v) is 15.0. The Kier molecular flexibility index (Phi) is 10.3. The van der Waals surface area contributed by atoms with Crippen molar-refractivity contribution in [3.05, 3.63) is 145 Å². The third kappa shape index (κ3) is 7.05. The molecule has 0 unspecified atom stereocenters. The highest BCUT2D eigenvalue weighted by Crippen LogP contribution is 2.47. The van der Waals surface area contributed by atoms with Gasteiger partial charge >= 0.3 is 11.9 Å². The number of aromatic carboxylic acids is 2. The predicted molar refractivity (Wildman–Crippen MR) is 230 cm³/mol. The van der Waals surface area contributed by atoms with Crippen LogP contribution >= 0.6 is 23.2 Å². The number of halogens is 2. The molecule has 0 saturated heterocycles. The molecule has 2 heterocycles. The number of rotatable bonds is 9. The minimum absolute atomic E-state index is 0.00869. The van der Waals surface area contributed by atoms with Gasteiger partial charge in [0.05, 0.1) is 32.1 Å². The first-order valence-corrected chi connectivity index (χ1v) is 19.3. The number of phenols is 1. The maximum absolute atomic E-state index is 14.1. The average Bonchev–Trinajstić information content (AvgIpc) is 3.21. The van der Waals surface area contributed by atoms with Crippen molar-refractivity contribution in [1.82, 2.24) is 5.32 Å². The molecule has 12 nitrogen and oxygen atoms in total. The third-order valence-electron chi connectivity index (χ3n) is 10.2. The molecule has 4 N–H and O–H groups in total. The molecular formula is C46H33Cl2N3O9. The number of carboxylic acid groups (broad SMARTS) is 2. The molecule has 8 rings (SSSR count). The van der Waals surface area contributed by atoms with Crippen LogP contribution in [0.3, 0.4) is 0 Å². The molecule has 0 aromatic heterocycles. The summed E-state index contributed by atoms with van der Waals surface area (Å²) in [6.45, 7) is 2.27. The van der Waals surface area contributed by atoms with Crippen LogP contribution in [0.2, 0.25) is 10.0 Å². The molecule has 300 valence electrons. The number of hydrogen-bond donors (Lipinski definition) is 4. The molecule has 60 heavy (non-hydrogen) atoms. The second-order valence-electron chi connectivity index (χ2n) is 14.2. The van der Waals surface area contributed by atoms with Crippen molar-refractivity contribution in [3.63, 3.8) is 0 Å².